The Morgan fingerprint density at radius 3 is 2.61 bits per heavy atom. The molecule has 0 bridgehead atoms. The van der Waals surface area contributed by atoms with Gasteiger partial charge in [-0.1, -0.05) is 6.07 Å². The van der Waals surface area contributed by atoms with Gasteiger partial charge in [0.05, 0.1) is 0 Å². The van der Waals surface area contributed by atoms with Gasteiger partial charge in [-0.3, -0.25) is 4.79 Å². The Bertz CT molecular complexity index is 610. The lowest BCUT2D eigenvalue weighted by Gasteiger charge is -2.24. The summed E-state index contributed by atoms with van der Waals surface area (Å²) in [5.41, 5.74) is -0.414. The fourth-order valence-corrected chi connectivity index (χ4v) is 2.51. The highest BCUT2D eigenvalue weighted by Crippen LogP contribution is 2.22. The molecule has 0 spiro atoms. The van der Waals surface area contributed by atoms with E-state index in [-0.39, 0.29) is 30.2 Å². The number of carbonyl (C=O) groups excluding carboxylic acids is 2. The molecule has 4 nitrogen and oxygen atoms in total. The molecule has 1 aromatic rings. The Kier molecular flexibility index (Phi) is 5.02. The van der Waals surface area contributed by atoms with E-state index in [1.807, 2.05) is 0 Å². The van der Waals surface area contributed by atoms with Gasteiger partial charge in [0.15, 0.2) is 0 Å². The van der Waals surface area contributed by atoms with E-state index in [9.17, 15) is 18.4 Å². The van der Waals surface area contributed by atoms with Gasteiger partial charge in [0.1, 0.15) is 23.0 Å². The van der Waals surface area contributed by atoms with Crippen LogP contribution in [0.1, 0.15) is 32.8 Å². The van der Waals surface area contributed by atoms with E-state index < -0.39 is 23.3 Å². The van der Waals surface area contributed by atoms with Crippen LogP contribution in [0.2, 0.25) is 0 Å². The van der Waals surface area contributed by atoms with Crippen molar-refractivity contribution < 1.29 is 23.1 Å². The summed E-state index contributed by atoms with van der Waals surface area (Å²) in [6.07, 6.45) is -0.0134. The molecule has 0 radical (unpaired) electrons. The maximum absolute atomic E-state index is 13.6. The molecular weight excluding hydrogens is 304 g/mol. The van der Waals surface area contributed by atoms with Crippen LogP contribution in [-0.2, 0) is 16.0 Å². The van der Waals surface area contributed by atoms with Crippen LogP contribution in [0, 0.1) is 17.6 Å². The van der Waals surface area contributed by atoms with Crippen LogP contribution in [0.5, 0.6) is 0 Å². The van der Waals surface area contributed by atoms with Crippen molar-refractivity contribution in [3.05, 3.63) is 35.4 Å². The van der Waals surface area contributed by atoms with Crippen molar-refractivity contribution in [2.45, 2.75) is 39.2 Å². The number of rotatable bonds is 3. The van der Waals surface area contributed by atoms with Crippen LogP contribution in [0.25, 0.3) is 0 Å². The molecule has 1 saturated heterocycles. The summed E-state index contributed by atoms with van der Waals surface area (Å²) in [6.45, 7) is 6.05. The number of ketones is 1. The molecule has 1 heterocycles. The van der Waals surface area contributed by atoms with E-state index in [2.05, 4.69) is 0 Å². The molecule has 6 heteroatoms. The van der Waals surface area contributed by atoms with Crippen molar-refractivity contribution in [3.8, 4) is 0 Å². The van der Waals surface area contributed by atoms with Gasteiger partial charge in [0.25, 0.3) is 0 Å². The lowest BCUT2D eigenvalue weighted by Crippen LogP contribution is -2.36. The zero-order chi connectivity index (χ0) is 17.2. The van der Waals surface area contributed by atoms with E-state index >= 15 is 0 Å². The molecule has 126 valence electrons. The van der Waals surface area contributed by atoms with E-state index in [4.69, 9.17) is 4.74 Å². The van der Waals surface area contributed by atoms with Crippen molar-refractivity contribution in [2.24, 2.45) is 5.92 Å². The molecule has 1 unspecified atom stereocenters. The Hall–Kier alpha value is -1.98. The second-order valence-electron chi connectivity index (χ2n) is 6.79. The van der Waals surface area contributed by atoms with Gasteiger partial charge >= 0.3 is 6.09 Å². The molecule has 0 aliphatic carbocycles. The predicted molar refractivity (Wildman–Crippen MR) is 81.0 cm³/mol. The predicted octanol–water partition coefficient (Wildman–Crippen LogP) is 3.33. The summed E-state index contributed by atoms with van der Waals surface area (Å²) in [7, 11) is 0. The molecule has 23 heavy (non-hydrogen) atoms. The first-order valence-electron chi connectivity index (χ1n) is 7.60. The molecule has 1 fully saturated rings. The van der Waals surface area contributed by atoms with Crippen LogP contribution in [-0.4, -0.2) is 35.5 Å². The zero-order valence-electron chi connectivity index (χ0n) is 13.6. The number of halogens is 2. The van der Waals surface area contributed by atoms with Crippen LogP contribution in [0.15, 0.2) is 18.2 Å². The van der Waals surface area contributed by atoms with Gasteiger partial charge < -0.3 is 9.64 Å². The number of amides is 1. The first-order valence-corrected chi connectivity index (χ1v) is 7.60. The fourth-order valence-electron chi connectivity index (χ4n) is 2.51. The Balaban J connectivity index is 1.93. The van der Waals surface area contributed by atoms with Crippen LogP contribution >= 0.6 is 0 Å². The molecule has 0 N–H and O–H groups in total. The first-order chi connectivity index (χ1) is 10.7. The molecule has 1 aliphatic heterocycles. The van der Waals surface area contributed by atoms with E-state index in [1.165, 1.54) is 11.0 Å². The first kappa shape index (κ1) is 17.4. The standard InChI is InChI=1S/C17H21F2NO3/c1-17(2,3)23-16(22)20-7-6-12(10-20)15(21)8-11-4-5-13(18)9-14(11)19/h4-5,9,12H,6-8,10H2,1-3H3. The highest BCUT2D eigenvalue weighted by atomic mass is 19.1. The third-order valence-electron chi connectivity index (χ3n) is 3.68. The number of ether oxygens (including phenoxy) is 1. The van der Waals surface area contributed by atoms with E-state index in [0.717, 1.165) is 12.1 Å². The molecule has 1 aliphatic rings. The number of carbonyl (C=O) groups is 2. The van der Waals surface area contributed by atoms with Gasteiger partial charge in [-0.25, -0.2) is 13.6 Å². The van der Waals surface area contributed by atoms with Gasteiger partial charge in [-0.15, -0.1) is 0 Å². The molecule has 1 atom stereocenters. The van der Waals surface area contributed by atoms with Crippen LogP contribution in [0.4, 0.5) is 13.6 Å². The minimum atomic E-state index is -0.722. The summed E-state index contributed by atoms with van der Waals surface area (Å²) in [5.74, 6) is -1.88. The van der Waals surface area contributed by atoms with Crippen LogP contribution < -0.4 is 0 Å². The molecule has 0 aromatic heterocycles. The molecular formula is C17H21F2NO3. The van der Waals surface area contributed by atoms with E-state index in [1.54, 1.807) is 20.8 Å². The molecule has 0 saturated carbocycles. The highest BCUT2D eigenvalue weighted by molar-refractivity contribution is 5.84. The lowest BCUT2D eigenvalue weighted by atomic mass is 9.97. The van der Waals surface area contributed by atoms with Crippen LogP contribution in [0.3, 0.4) is 0 Å². The molecule has 1 aromatic carbocycles. The van der Waals surface area contributed by atoms with E-state index in [0.29, 0.717) is 13.0 Å². The maximum Gasteiger partial charge on any atom is 0.410 e. The average molecular weight is 325 g/mol. The highest BCUT2D eigenvalue weighted by Gasteiger charge is 2.33. The Morgan fingerprint density at radius 1 is 1.30 bits per heavy atom. The smallest absolute Gasteiger partial charge is 0.410 e. The van der Waals surface area contributed by atoms with Crippen molar-refractivity contribution in [2.75, 3.05) is 13.1 Å². The average Bonchev–Trinajstić information content (AvgIpc) is 2.90. The number of benzene rings is 1. The van der Waals surface area contributed by atoms with Gasteiger partial charge in [0.2, 0.25) is 0 Å². The summed E-state index contributed by atoms with van der Waals surface area (Å²) in [5, 5.41) is 0. The minimum absolute atomic E-state index is 0.0983. The third-order valence-corrected chi connectivity index (χ3v) is 3.68. The summed E-state index contributed by atoms with van der Waals surface area (Å²) in [4.78, 5) is 25.7. The van der Waals surface area contributed by atoms with Gasteiger partial charge in [-0.05, 0) is 38.8 Å². The SMILES string of the molecule is CC(C)(C)OC(=O)N1CCC(C(=O)Cc2ccc(F)cc2F)C1. The molecule has 2 rings (SSSR count). The quantitative estimate of drug-likeness (QED) is 0.856. The molecule has 1 amide bonds. The van der Waals surface area contributed by atoms with Crippen molar-refractivity contribution in [1.82, 2.24) is 4.90 Å². The summed E-state index contributed by atoms with van der Waals surface area (Å²) in [6, 6.07) is 3.18. The number of hydrogen-bond donors (Lipinski definition) is 0. The summed E-state index contributed by atoms with van der Waals surface area (Å²) >= 11 is 0. The minimum Gasteiger partial charge on any atom is -0.444 e. The third kappa shape index (κ3) is 4.74. The zero-order valence-corrected chi connectivity index (χ0v) is 13.6. The summed E-state index contributed by atoms with van der Waals surface area (Å²) < 4.78 is 31.8. The number of nitrogens with zero attached hydrogens (tertiary/aromatic N) is 1. The topological polar surface area (TPSA) is 46.6 Å². The number of hydrogen-bond acceptors (Lipinski definition) is 3. The fraction of sp³-hybridized carbons (Fsp3) is 0.529. The van der Waals surface area contributed by atoms with Crippen molar-refractivity contribution in [3.63, 3.8) is 0 Å². The Morgan fingerprint density at radius 2 is 2.00 bits per heavy atom. The number of Topliss-reactive ketones (excluding diaryl/α,β-unsaturated/α-hetero) is 1. The monoisotopic (exact) mass is 325 g/mol. The van der Waals surface area contributed by atoms with Crippen molar-refractivity contribution in [1.29, 1.82) is 0 Å². The van der Waals surface area contributed by atoms with Gasteiger partial charge in [0, 0.05) is 31.5 Å². The normalized spacial score (nSPS) is 18.1. The number of likely N-dealkylation sites (tertiary alicyclic amines) is 1. The lowest BCUT2D eigenvalue weighted by molar-refractivity contribution is -0.121. The van der Waals surface area contributed by atoms with Crippen molar-refractivity contribution >= 4 is 11.9 Å². The maximum atomic E-state index is 13.6. The second-order valence-corrected chi connectivity index (χ2v) is 6.79. The van der Waals surface area contributed by atoms with Gasteiger partial charge in [-0.2, -0.15) is 0 Å². The largest absolute Gasteiger partial charge is 0.444 e. The second kappa shape index (κ2) is 6.64. The Labute approximate surface area is 134 Å².